The topological polar surface area (TPSA) is 362 Å². The SMILES string of the molecule is C.COc1cccc(OC)c1C(=O)C(=O)N[C@H]1CN(C(=O)CO)c2ccccc2N(CC(=O)N[C@H]2CC(=O)OC2OCc2ccccc2)C1=O.O=C(CN1C(=O)[C@@H](NC(=O)C(=O)c2ccccc2)CN(C(=O)CO)c2ccccc21)N[C@H]1CC(=O)OC1OCc1ccccc1. The van der Waals surface area contributed by atoms with Gasteiger partial charge in [-0.3, -0.25) is 67.3 Å². The van der Waals surface area contributed by atoms with E-state index >= 15 is 0 Å². The maximum Gasteiger partial charge on any atom is 0.310 e. The molecule has 0 radical (unpaired) electrons. The van der Waals surface area contributed by atoms with Crippen LogP contribution in [0, 0.1) is 0 Å². The van der Waals surface area contributed by atoms with E-state index < -0.39 is 147 Å². The molecule has 0 saturated carbocycles. The number of ketones is 2. The van der Waals surface area contributed by atoms with Crippen molar-refractivity contribution in [1.29, 1.82) is 0 Å². The number of esters is 2. The first kappa shape index (κ1) is 69.7. The number of Topliss-reactive ketones (excluding diaryl/α,β-unsaturated/α-hetero) is 2. The molecule has 2 fully saturated rings. The zero-order chi connectivity index (χ0) is 67.0. The monoisotopic (exact) mass is 1300 g/mol. The van der Waals surface area contributed by atoms with Crippen LogP contribution in [-0.4, -0.2) is 171 Å². The molecule has 0 aliphatic carbocycles. The average Bonchev–Trinajstić information content (AvgIpc) is 1.69. The summed E-state index contributed by atoms with van der Waals surface area (Å²) in [5.74, 6) is -9.92. The third-order valence-corrected chi connectivity index (χ3v) is 15.1. The Morgan fingerprint density at radius 3 is 1.23 bits per heavy atom. The number of nitrogens with one attached hydrogen (secondary N) is 4. The molecule has 28 heteroatoms. The van der Waals surface area contributed by atoms with Crippen LogP contribution in [0.5, 0.6) is 11.5 Å². The predicted octanol–water partition coefficient (Wildman–Crippen LogP) is 2.05. The maximum atomic E-state index is 14.1. The number of carbonyl (C=O) groups excluding carboxylic acids is 12. The summed E-state index contributed by atoms with van der Waals surface area (Å²) in [6, 6.07) is 38.2. The molecule has 6 N–H and O–H groups in total. The second kappa shape index (κ2) is 32.4. The van der Waals surface area contributed by atoms with Gasteiger partial charge in [-0.15, -0.1) is 0 Å². The van der Waals surface area contributed by atoms with Crippen molar-refractivity contribution in [2.24, 2.45) is 0 Å². The minimum absolute atomic E-state index is 0. The number of anilines is 4. The Balaban J connectivity index is 0.000000242. The van der Waals surface area contributed by atoms with E-state index in [1.54, 1.807) is 48.5 Å². The molecule has 4 aliphatic heterocycles. The van der Waals surface area contributed by atoms with Crippen LogP contribution in [0.3, 0.4) is 0 Å². The van der Waals surface area contributed by atoms with E-state index in [2.05, 4.69) is 21.3 Å². The van der Waals surface area contributed by atoms with Gasteiger partial charge in [0.05, 0.1) is 76.1 Å². The number of hydrogen-bond donors (Lipinski definition) is 6. The molecule has 0 aromatic heterocycles. The lowest BCUT2D eigenvalue weighted by atomic mass is 10.1. The fourth-order valence-electron chi connectivity index (χ4n) is 10.6. The molecular formula is C67H68N8O20. The Kier molecular flexibility index (Phi) is 23.8. The van der Waals surface area contributed by atoms with Crippen molar-refractivity contribution >= 4 is 93.5 Å². The smallest absolute Gasteiger partial charge is 0.310 e. The van der Waals surface area contributed by atoms with Crippen LogP contribution in [0.1, 0.15) is 52.1 Å². The summed E-state index contributed by atoms with van der Waals surface area (Å²) in [6.45, 7) is -3.68. The van der Waals surface area contributed by atoms with E-state index in [0.29, 0.717) is 0 Å². The van der Waals surface area contributed by atoms with E-state index in [0.717, 1.165) is 30.7 Å². The number of carbonyl (C=O) groups is 12. The van der Waals surface area contributed by atoms with Gasteiger partial charge in [-0.1, -0.05) is 129 Å². The van der Waals surface area contributed by atoms with Gasteiger partial charge in [0.15, 0.2) is 0 Å². The van der Waals surface area contributed by atoms with Crippen molar-refractivity contribution in [1.82, 2.24) is 21.3 Å². The summed E-state index contributed by atoms with van der Waals surface area (Å²) in [5.41, 5.74) is 2.20. The van der Waals surface area contributed by atoms with Crippen molar-refractivity contribution in [3.05, 3.63) is 180 Å². The van der Waals surface area contributed by atoms with Crippen LogP contribution < -0.4 is 50.3 Å². The Labute approximate surface area is 543 Å². The highest BCUT2D eigenvalue weighted by Crippen LogP contribution is 2.36. The minimum Gasteiger partial charge on any atom is -0.496 e. The minimum atomic E-state index is -1.55. The number of fused-ring (bicyclic) bond motifs is 2. The Morgan fingerprint density at radius 2 is 0.842 bits per heavy atom. The highest BCUT2D eigenvalue weighted by atomic mass is 16.7. The number of aliphatic hydroxyl groups is 2. The van der Waals surface area contributed by atoms with Gasteiger partial charge in [0.1, 0.15) is 67.5 Å². The van der Waals surface area contributed by atoms with Crippen LogP contribution in [0.15, 0.2) is 158 Å². The molecule has 10 rings (SSSR count). The highest BCUT2D eigenvalue weighted by molar-refractivity contribution is 6.44. The van der Waals surface area contributed by atoms with Crippen molar-refractivity contribution in [3.63, 3.8) is 0 Å². The molecular weight excluding hydrogens is 1240 g/mol. The first-order valence-electron chi connectivity index (χ1n) is 29.3. The molecule has 4 aliphatic rings. The van der Waals surface area contributed by atoms with Gasteiger partial charge >= 0.3 is 11.9 Å². The molecule has 6 atom stereocenters. The number of amides is 8. The standard InChI is InChI=1S/C34H34N4O11.C32H30N4O9.CH4/c1-46-25-13-8-14-26(47-2)30(25)31(43)32(44)36-22-16-37(28(41)18-39)23-11-6-7-12-24(23)38(33(22)45)17-27(40)35-21-15-29(42)49-34(21)48-19-20-9-4-3-5-10-20;37-18-27(39)35-16-23(34-30(42)29(41)21-11-5-2-6-12-21)31(43)36(25-14-8-7-13-24(25)35)17-26(38)33-22-15-28(40)45-32(22)44-19-20-9-3-1-4-10-20;/h3-14,21-22,34,39H,15-19H2,1-2H3,(H,35,40)(H,36,44);1-14,22-23,32,37H,15-19H2,(H,33,38)(H,34,42);1H4/t21-,22-,34?;22-,23-,32?;/m00./s1. The van der Waals surface area contributed by atoms with Crippen molar-refractivity contribution in [2.45, 2.75) is 70.2 Å². The molecule has 6 aromatic rings. The maximum absolute atomic E-state index is 14.1. The molecule has 4 heterocycles. The van der Waals surface area contributed by atoms with Crippen LogP contribution in [0.2, 0.25) is 0 Å². The van der Waals surface area contributed by atoms with Gasteiger partial charge in [0.2, 0.25) is 30.2 Å². The Hall–Kier alpha value is -11.2. The van der Waals surface area contributed by atoms with Gasteiger partial charge < -0.3 is 69.7 Å². The number of para-hydroxylation sites is 4. The molecule has 496 valence electrons. The first-order valence-corrected chi connectivity index (χ1v) is 29.3. The first-order chi connectivity index (χ1) is 45.4. The van der Waals surface area contributed by atoms with Gasteiger partial charge in [-0.25, -0.2) is 0 Å². The fraction of sp³-hybridized carbons (Fsp3) is 0.284. The van der Waals surface area contributed by atoms with Gasteiger partial charge in [0, 0.05) is 5.56 Å². The zero-order valence-electron chi connectivity index (χ0n) is 50.6. The van der Waals surface area contributed by atoms with E-state index in [1.807, 2.05) is 60.7 Å². The lowest BCUT2D eigenvalue weighted by Gasteiger charge is -2.26. The number of hydrogen-bond acceptors (Lipinski definition) is 20. The molecule has 2 saturated heterocycles. The van der Waals surface area contributed by atoms with Gasteiger partial charge in [0.25, 0.3) is 41.2 Å². The summed E-state index contributed by atoms with van der Waals surface area (Å²) in [7, 11) is 2.62. The number of aliphatic hydroxyl groups excluding tert-OH is 2. The number of ether oxygens (including phenoxy) is 6. The predicted molar refractivity (Wildman–Crippen MR) is 337 cm³/mol. The normalized spacial score (nSPS) is 18.7. The third-order valence-electron chi connectivity index (χ3n) is 15.1. The zero-order valence-corrected chi connectivity index (χ0v) is 50.6. The van der Waals surface area contributed by atoms with Crippen molar-refractivity contribution in [3.8, 4) is 11.5 Å². The molecule has 8 amide bonds. The number of methoxy groups -OCH3 is 2. The fourth-order valence-corrected chi connectivity index (χ4v) is 10.6. The number of rotatable bonds is 22. The number of benzene rings is 6. The molecule has 6 aromatic carbocycles. The van der Waals surface area contributed by atoms with Crippen molar-refractivity contribution in [2.75, 3.05) is 73.2 Å². The van der Waals surface area contributed by atoms with E-state index in [4.69, 9.17) is 28.4 Å². The molecule has 95 heavy (non-hydrogen) atoms. The van der Waals surface area contributed by atoms with Crippen LogP contribution in [0.25, 0.3) is 0 Å². The second-order valence-corrected chi connectivity index (χ2v) is 21.3. The lowest BCUT2D eigenvalue weighted by molar-refractivity contribution is -0.168. The average molecular weight is 1310 g/mol. The van der Waals surface area contributed by atoms with Gasteiger partial charge in [-0.2, -0.15) is 0 Å². The summed E-state index contributed by atoms with van der Waals surface area (Å²) in [5, 5.41) is 29.6. The Bertz CT molecular complexity index is 3820. The van der Waals surface area contributed by atoms with Crippen LogP contribution in [0.4, 0.5) is 22.7 Å². The van der Waals surface area contributed by atoms with Crippen LogP contribution >= 0.6 is 0 Å². The number of nitrogens with zero attached hydrogens (tertiary/aromatic N) is 4. The second-order valence-electron chi connectivity index (χ2n) is 21.3. The van der Waals surface area contributed by atoms with E-state index in [-0.39, 0.29) is 78.9 Å². The summed E-state index contributed by atoms with van der Waals surface area (Å²) in [6.07, 6.45) is -2.50. The Morgan fingerprint density at radius 1 is 0.474 bits per heavy atom. The lowest BCUT2D eigenvalue weighted by Crippen LogP contribution is -2.56. The summed E-state index contributed by atoms with van der Waals surface area (Å²) in [4.78, 5) is 162. The quantitative estimate of drug-likeness (QED) is 0.0322. The summed E-state index contributed by atoms with van der Waals surface area (Å²) < 4.78 is 32.5. The largest absolute Gasteiger partial charge is 0.496 e. The van der Waals surface area contributed by atoms with E-state index in [1.165, 1.54) is 62.8 Å². The number of cyclic esters (lactones) is 2. The summed E-state index contributed by atoms with van der Waals surface area (Å²) >= 11 is 0. The molecule has 0 bridgehead atoms. The molecule has 28 nitrogen and oxygen atoms in total. The molecule has 2 unspecified atom stereocenters. The van der Waals surface area contributed by atoms with Gasteiger partial charge in [-0.05, 0) is 47.5 Å². The molecule has 0 spiro atoms. The highest BCUT2D eigenvalue weighted by Gasteiger charge is 2.44. The van der Waals surface area contributed by atoms with E-state index in [9.17, 15) is 67.7 Å². The third kappa shape index (κ3) is 16.9. The van der Waals surface area contributed by atoms with Crippen molar-refractivity contribution < 1.29 is 96.2 Å². The van der Waals surface area contributed by atoms with Crippen LogP contribution in [-0.2, 0) is 80.1 Å².